The van der Waals surface area contributed by atoms with E-state index in [1.807, 2.05) is 51.1 Å². The van der Waals surface area contributed by atoms with E-state index in [-0.39, 0.29) is 12.1 Å². The Hall–Kier alpha value is -3.06. The highest BCUT2D eigenvalue weighted by molar-refractivity contribution is 5.89. The highest BCUT2D eigenvalue weighted by Gasteiger charge is 2.39. The molecule has 7 heteroatoms. The summed E-state index contributed by atoms with van der Waals surface area (Å²) in [7, 11) is 1.32. The lowest BCUT2D eigenvalue weighted by atomic mass is 10.1. The highest BCUT2D eigenvalue weighted by Crippen LogP contribution is 2.24. The van der Waals surface area contributed by atoms with Gasteiger partial charge in [-0.15, -0.1) is 0 Å². The van der Waals surface area contributed by atoms with Crippen LogP contribution in [0.5, 0.6) is 11.5 Å². The Morgan fingerprint density at radius 3 is 2.29 bits per heavy atom. The van der Waals surface area contributed by atoms with Crippen molar-refractivity contribution < 1.29 is 28.5 Å². The quantitative estimate of drug-likeness (QED) is 0.679. The lowest BCUT2D eigenvalue weighted by molar-refractivity contribution is -0.164. The molecule has 2 aromatic carbocycles. The van der Waals surface area contributed by atoms with Crippen LogP contribution < -0.4 is 14.8 Å². The standard InChI is InChI=1S/C24H29NO6/c1-24(2,3)31-23(27)21(30-18-12-10-16(11-13-18)22(26)28-4)20-14-19(15-25-20)29-17-8-6-5-7-9-17/h5-13,19-21,25H,14-15H2,1-4H3/t19-,20-,21?/m0/s1. The lowest BCUT2D eigenvalue weighted by Crippen LogP contribution is -2.47. The van der Waals surface area contributed by atoms with Gasteiger partial charge in [0.2, 0.25) is 6.10 Å². The molecule has 0 aliphatic carbocycles. The molecule has 0 spiro atoms. The average Bonchev–Trinajstić information content (AvgIpc) is 3.19. The molecule has 1 fully saturated rings. The van der Waals surface area contributed by atoms with Gasteiger partial charge in [0, 0.05) is 13.0 Å². The molecule has 0 saturated carbocycles. The molecule has 31 heavy (non-hydrogen) atoms. The average molecular weight is 427 g/mol. The minimum absolute atomic E-state index is 0.0948. The minimum Gasteiger partial charge on any atom is -0.489 e. The van der Waals surface area contributed by atoms with Crippen LogP contribution in [-0.2, 0) is 14.3 Å². The van der Waals surface area contributed by atoms with Crippen molar-refractivity contribution in [3.63, 3.8) is 0 Å². The van der Waals surface area contributed by atoms with Gasteiger partial charge in [0.1, 0.15) is 23.2 Å². The molecule has 1 heterocycles. The van der Waals surface area contributed by atoms with Crippen molar-refractivity contribution in [1.29, 1.82) is 0 Å². The predicted molar refractivity (Wildman–Crippen MR) is 115 cm³/mol. The Labute approximate surface area is 182 Å². The molecule has 1 aliphatic rings. The van der Waals surface area contributed by atoms with Crippen LogP contribution in [0.25, 0.3) is 0 Å². The number of nitrogens with one attached hydrogen (secondary N) is 1. The Bertz CT molecular complexity index is 875. The van der Waals surface area contributed by atoms with E-state index in [2.05, 4.69) is 5.32 Å². The van der Waals surface area contributed by atoms with Gasteiger partial charge < -0.3 is 24.3 Å². The largest absolute Gasteiger partial charge is 0.489 e. The maximum atomic E-state index is 12.9. The summed E-state index contributed by atoms with van der Waals surface area (Å²) in [5.41, 5.74) is -0.245. The summed E-state index contributed by atoms with van der Waals surface area (Å²) in [6, 6.07) is 15.7. The first-order valence-electron chi connectivity index (χ1n) is 10.3. The van der Waals surface area contributed by atoms with Crippen molar-refractivity contribution >= 4 is 11.9 Å². The van der Waals surface area contributed by atoms with Gasteiger partial charge in [-0.3, -0.25) is 0 Å². The van der Waals surface area contributed by atoms with Crippen molar-refractivity contribution in [2.24, 2.45) is 0 Å². The smallest absolute Gasteiger partial charge is 0.349 e. The maximum absolute atomic E-state index is 12.9. The van der Waals surface area contributed by atoms with Crippen LogP contribution >= 0.6 is 0 Å². The fourth-order valence-corrected chi connectivity index (χ4v) is 3.33. The van der Waals surface area contributed by atoms with Gasteiger partial charge in [-0.1, -0.05) is 18.2 Å². The molecular formula is C24H29NO6. The zero-order chi connectivity index (χ0) is 22.4. The number of hydrogen-bond donors (Lipinski definition) is 1. The summed E-state index contributed by atoms with van der Waals surface area (Å²) in [5.74, 6) is 0.344. The van der Waals surface area contributed by atoms with Crippen LogP contribution in [0.1, 0.15) is 37.6 Å². The number of benzene rings is 2. The normalized spacial score (nSPS) is 19.4. The van der Waals surface area contributed by atoms with Crippen LogP contribution in [0, 0.1) is 0 Å². The van der Waals surface area contributed by atoms with E-state index in [9.17, 15) is 9.59 Å². The number of rotatable bonds is 7. The second-order valence-electron chi connectivity index (χ2n) is 8.39. The molecule has 2 aromatic rings. The summed E-state index contributed by atoms with van der Waals surface area (Å²) in [6.07, 6.45) is -0.380. The Kier molecular flexibility index (Phi) is 7.17. The summed E-state index contributed by atoms with van der Waals surface area (Å²) in [6.45, 7) is 6.03. The van der Waals surface area contributed by atoms with Crippen LogP contribution in [0.2, 0.25) is 0 Å². The van der Waals surface area contributed by atoms with Crippen LogP contribution in [-0.4, -0.2) is 49.4 Å². The molecule has 166 valence electrons. The molecule has 1 saturated heterocycles. The second-order valence-corrected chi connectivity index (χ2v) is 8.39. The molecule has 0 amide bonds. The van der Waals surface area contributed by atoms with Gasteiger partial charge >= 0.3 is 11.9 Å². The van der Waals surface area contributed by atoms with Gasteiger partial charge in [-0.25, -0.2) is 9.59 Å². The van der Waals surface area contributed by atoms with Crippen molar-refractivity contribution in [2.45, 2.75) is 51.0 Å². The van der Waals surface area contributed by atoms with Crippen molar-refractivity contribution in [2.75, 3.05) is 13.7 Å². The summed E-state index contributed by atoms with van der Waals surface area (Å²) in [5, 5.41) is 3.33. The first-order chi connectivity index (χ1) is 14.7. The Morgan fingerprint density at radius 2 is 1.68 bits per heavy atom. The zero-order valence-electron chi connectivity index (χ0n) is 18.3. The number of methoxy groups -OCH3 is 1. The SMILES string of the molecule is COC(=O)c1ccc(OC(C(=O)OC(C)(C)C)[C@@H]2C[C@H](Oc3ccccc3)CN2)cc1. The van der Waals surface area contributed by atoms with Crippen molar-refractivity contribution in [3.8, 4) is 11.5 Å². The van der Waals surface area contributed by atoms with Crippen LogP contribution in [0.4, 0.5) is 0 Å². The number of carbonyl (C=O) groups excluding carboxylic acids is 2. The fraction of sp³-hybridized carbons (Fsp3) is 0.417. The number of esters is 2. The monoisotopic (exact) mass is 427 g/mol. The first-order valence-corrected chi connectivity index (χ1v) is 10.3. The summed E-state index contributed by atoms with van der Waals surface area (Å²) >= 11 is 0. The van der Waals surface area contributed by atoms with E-state index < -0.39 is 23.6 Å². The third kappa shape index (κ3) is 6.46. The number of hydrogen-bond acceptors (Lipinski definition) is 7. The number of ether oxygens (including phenoxy) is 4. The molecule has 0 radical (unpaired) electrons. The predicted octanol–water partition coefficient (Wildman–Crippen LogP) is 3.37. The molecule has 1 unspecified atom stereocenters. The molecule has 3 atom stereocenters. The molecule has 0 bridgehead atoms. The number of para-hydroxylation sites is 1. The molecular weight excluding hydrogens is 398 g/mol. The van der Waals surface area contributed by atoms with Crippen LogP contribution in [0.3, 0.4) is 0 Å². The molecule has 0 aromatic heterocycles. The third-order valence-electron chi connectivity index (χ3n) is 4.71. The van der Waals surface area contributed by atoms with E-state index >= 15 is 0 Å². The maximum Gasteiger partial charge on any atom is 0.349 e. The first kappa shape index (κ1) is 22.6. The van der Waals surface area contributed by atoms with Gasteiger partial charge in [0.15, 0.2) is 0 Å². The molecule has 1 N–H and O–H groups in total. The zero-order valence-corrected chi connectivity index (χ0v) is 18.3. The molecule has 3 rings (SSSR count). The van der Waals surface area contributed by atoms with E-state index in [1.165, 1.54) is 7.11 Å². The topological polar surface area (TPSA) is 83.1 Å². The lowest BCUT2D eigenvalue weighted by Gasteiger charge is -2.27. The van der Waals surface area contributed by atoms with E-state index in [0.717, 1.165) is 5.75 Å². The van der Waals surface area contributed by atoms with Crippen molar-refractivity contribution in [1.82, 2.24) is 5.32 Å². The van der Waals surface area contributed by atoms with E-state index in [0.29, 0.717) is 24.3 Å². The second kappa shape index (κ2) is 9.83. The van der Waals surface area contributed by atoms with Gasteiger partial charge in [0.05, 0.1) is 18.7 Å². The van der Waals surface area contributed by atoms with Crippen LogP contribution in [0.15, 0.2) is 54.6 Å². The molecule has 7 nitrogen and oxygen atoms in total. The Morgan fingerprint density at radius 1 is 1.00 bits per heavy atom. The summed E-state index contributed by atoms with van der Waals surface area (Å²) < 4.78 is 22.4. The van der Waals surface area contributed by atoms with Crippen molar-refractivity contribution in [3.05, 3.63) is 60.2 Å². The number of carbonyl (C=O) groups is 2. The van der Waals surface area contributed by atoms with Gasteiger partial charge in [0.25, 0.3) is 0 Å². The van der Waals surface area contributed by atoms with E-state index in [1.54, 1.807) is 24.3 Å². The minimum atomic E-state index is -0.868. The highest BCUT2D eigenvalue weighted by atomic mass is 16.6. The van der Waals surface area contributed by atoms with Gasteiger partial charge in [-0.2, -0.15) is 0 Å². The third-order valence-corrected chi connectivity index (χ3v) is 4.71. The van der Waals surface area contributed by atoms with E-state index in [4.69, 9.17) is 18.9 Å². The van der Waals surface area contributed by atoms with Gasteiger partial charge in [-0.05, 0) is 57.2 Å². The summed E-state index contributed by atoms with van der Waals surface area (Å²) in [4.78, 5) is 24.6. The Balaban J connectivity index is 1.72. The molecule has 1 aliphatic heterocycles. The fourth-order valence-electron chi connectivity index (χ4n) is 3.33.